The summed E-state index contributed by atoms with van der Waals surface area (Å²) in [6, 6.07) is 4.63. The third kappa shape index (κ3) is 3.35. The van der Waals surface area contributed by atoms with Crippen molar-refractivity contribution < 1.29 is 14.7 Å². The largest absolute Gasteiger partial charge is 0.480 e. The Hall–Kier alpha value is -2.04. The second-order valence-corrected chi connectivity index (χ2v) is 5.85. The van der Waals surface area contributed by atoms with Gasteiger partial charge in [0, 0.05) is 12.2 Å². The van der Waals surface area contributed by atoms with Crippen LogP contribution in [0.2, 0.25) is 0 Å². The molecule has 2 N–H and O–H groups in total. The smallest absolute Gasteiger partial charge is 0.326 e. The van der Waals surface area contributed by atoms with Crippen LogP contribution in [0.4, 0.5) is 10.5 Å². The lowest BCUT2D eigenvalue weighted by Crippen LogP contribution is -2.51. The number of nitrogens with one attached hydrogen (secondary N) is 1. The van der Waals surface area contributed by atoms with Gasteiger partial charge in [-0.25, -0.2) is 9.59 Å². The number of nitrogens with zero attached hydrogens (tertiary/aromatic N) is 1. The predicted molar refractivity (Wildman–Crippen MR) is 81.5 cm³/mol. The average Bonchev–Trinajstić information content (AvgIpc) is 2.43. The number of rotatable bonds is 2. The van der Waals surface area contributed by atoms with Crippen LogP contribution in [-0.2, 0) is 4.79 Å². The summed E-state index contributed by atoms with van der Waals surface area (Å²) in [5, 5.41) is 12.2. The molecule has 0 aliphatic carbocycles. The zero-order chi connectivity index (χ0) is 15.6. The Labute approximate surface area is 125 Å². The van der Waals surface area contributed by atoms with Gasteiger partial charge in [0.1, 0.15) is 6.04 Å². The van der Waals surface area contributed by atoms with Crippen LogP contribution in [0, 0.1) is 19.8 Å². The number of carboxylic acids is 1. The van der Waals surface area contributed by atoms with E-state index in [1.165, 1.54) is 4.90 Å². The Bertz CT molecular complexity index is 556. The number of aliphatic carboxylic acids is 1. The highest BCUT2D eigenvalue weighted by molar-refractivity contribution is 5.93. The standard InChI is InChI=1S/C16H22N2O3/c1-10-7-8-18(14(9-10)15(19)20)16(21)17-13-6-4-5-11(2)12(13)3/h4-6,10,14H,7-9H2,1-3H3,(H,17,21)(H,19,20). The van der Waals surface area contributed by atoms with Crippen molar-refractivity contribution in [3.8, 4) is 0 Å². The summed E-state index contributed by atoms with van der Waals surface area (Å²) in [4.78, 5) is 25.2. The molecule has 2 unspecified atom stereocenters. The predicted octanol–water partition coefficient (Wildman–Crippen LogP) is 3.02. The molecule has 0 saturated carbocycles. The van der Waals surface area contributed by atoms with E-state index in [1.807, 2.05) is 39.0 Å². The van der Waals surface area contributed by atoms with Gasteiger partial charge in [-0.1, -0.05) is 19.1 Å². The van der Waals surface area contributed by atoms with Gasteiger partial charge < -0.3 is 15.3 Å². The Morgan fingerprint density at radius 1 is 1.33 bits per heavy atom. The zero-order valence-electron chi connectivity index (χ0n) is 12.7. The third-order valence-corrected chi connectivity index (χ3v) is 4.26. The van der Waals surface area contributed by atoms with E-state index >= 15 is 0 Å². The maximum Gasteiger partial charge on any atom is 0.326 e. The number of urea groups is 1. The summed E-state index contributed by atoms with van der Waals surface area (Å²) in [5.74, 6) is -0.603. The SMILES string of the molecule is Cc1cccc(NC(=O)N2CCC(C)CC2C(=O)O)c1C. The number of hydrogen-bond donors (Lipinski definition) is 2. The van der Waals surface area contributed by atoms with Gasteiger partial charge >= 0.3 is 12.0 Å². The van der Waals surface area contributed by atoms with E-state index in [-0.39, 0.29) is 6.03 Å². The Kier molecular flexibility index (Phi) is 4.50. The summed E-state index contributed by atoms with van der Waals surface area (Å²) in [5.41, 5.74) is 2.83. The van der Waals surface area contributed by atoms with Gasteiger partial charge in [-0.3, -0.25) is 0 Å². The first-order valence-corrected chi connectivity index (χ1v) is 7.26. The highest BCUT2D eigenvalue weighted by Gasteiger charge is 2.34. The molecule has 0 radical (unpaired) electrons. The Morgan fingerprint density at radius 2 is 2.05 bits per heavy atom. The van der Waals surface area contributed by atoms with Crippen LogP contribution in [0.1, 0.15) is 30.9 Å². The highest BCUT2D eigenvalue weighted by Crippen LogP contribution is 2.24. The Morgan fingerprint density at radius 3 is 2.71 bits per heavy atom. The van der Waals surface area contributed by atoms with Gasteiger partial charge in [0.2, 0.25) is 0 Å². The molecule has 1 saturated heterocycles. The normalized spacial score (nSPS) is 22.0. The number of amides is 2. The van der Waals surface area contributed by atoms with Gasteiger partial charge in [-0.2, -0.15) is 0 Å². The van der Waals surface area contributed by atoms with Gasteiger partial charge in [-0.05, 0) is 49.8 Å². The van der Waals surface area contributed by atoms with Crippen LogP contribution < -0.4 is 5.32 Å². The van der Waals surface area contributed by atoms with E-state index in [1.54, 1.807) is 0 Å². The van der Waals surface area contributed by atoms with Crippen molar-refractivity contribution in [1.82, 2.24) is 4.90 Å². The molecule has 2 amide bonds. The van der Waals surface area contributed by atoms with E-state index in [0.717, 1.165) is 23.2 Å². The van der Waals surface area contributed by atoms with Crippen LogP contribution in [0.15, 0.2) is 18.2 Å². The van der Waals surface area contributed by atoms with E-state index in [9.17, 15) is 14.7 Å². The van der Waals surface area contributed by atoms with Crippen molar-refractivity contribution >= 4 is 17.7 Å². The molecular formula is C16H22N2O3. The summed E-state index contributed by atoms with van der Waals surface area (Å²) < 4.78 is 0. The number of benzene rings is 1. The van der Waals surface area contributed by atoms with Crippen molar-refractivity contribution in [2.24, 2.45) is 5.92 Å². The number of anilines is 1. The molecule has 114 valence electrons. The first kappa shape index (κ1) is 15.4. The fourth-order valence-corrected chi connectivity index (χ4v) is 2.69. The van der Waals surface area contributed by atoms with Crippen molar-refractivity contribution in [1.29, 1.82) is 0 Å². The molecule has 1 aromatic carbocycles. The quantitative estimate of drug-likeness (QED) is 0.879. The van der Waals surface area contributed by atoms with E-state index in [4.69, 9.17) is 0 Å². The number of carbonyl (C=O) groups is 2. The van der Waals surface area contributed by atoms with Crippen molar-refractivity contribution in [2.75, 3.05) is 11.9 Å². The van der Waals surface area contributed by atoms with Crippen LogP contribution in [0.25, 0.3) is 0 Å². The molecule has 1 aliphatic heterocycles. The second kappa shape index (κ2) is 6.16. The molecule has 0 aromatic heterocycles. The fraction of sp³-hybridized carbons (Fsp3) is 0.500. The molecule has 21 heavy (non-hydrogen) atoms. The highest BCUT2D eigenvalue weighted by atomic mass is 16.4. The van der Waals surface area contributed by atoms with Crippen molar-refractivity contribution in [2.45, 2.75) is 39.7 Å². The summed E-state index contributed by atoms with van der Waals surface area (Å²) >= 11 is 0. The first-order valence-electron chi connectivity index (χ1n) is 7.26. The molecule has 0 bridgehead atoms. The number of aryl methyl sites for hydroxylation is 1. The fourth-order valence-electron chi connectivity index (χ4n) is 2.69. The van der Waals surface area contributed by atoms with Crippen LogP contribution in [0.3, 0.4) is 0 Å². The number of likely N-dealkylation sites (tertiary alicyclic amines) is 1. The molecule has 2 rings (SSSR count). The summed E-state index contributed by atoms with van der Waals surface area (Å²) in [6.07, 6.45) is 1.35. The minimum Gasteiger partial charge on any atom is -0.480 e. The molecule has 1 aliphatic rings. The van der Waals surface area contributed by atoms with Crippen LogP contribution in [0.5, 0.6) is 0 Å². The van der Waals surface area contributed by atoms with Crippen molar-refractivity contribution in [3.05, 3.63) is 29.3 Å². The third-order valence-electron chi connectivity index (χ3n) is 4.26. The minimum atomic E-state index is -0.933. The second-order valence-electron chi connectivity index (χ2n) is 5.85. The molecule has 1 aromatic rings. The van der Waals surface area contributed by atoms with Crippen LogP contribution in [-0.4, -0.2) is 34.6 Å². The molecule has 5 heteroatoms. The van der Waals surface area contributed by atoms with E-state index in [2.05, 4.69) is 5.32 Å². The molecule has 5 nitrogen and oxygen atoms in total. The minimum absolute atomic E-state index is 0.329. The maximum absolute atomic E-state index is 12.4. The molecule has 1 fully saturated rings. The lowest BCUT2D eigenvalue weighted by molar-refractivity contribution is -0.143. The van der Waals surface area contributed by atoms with E-state index < -0.39 is 12.0 Å². The molecule has 1 heterocycles. The summed E-state index contributed by atoms with van der Waals surface area (Å²) in [7, 11) is 0. The van der Waals surface area contributed by atoms with E-state index in [0.29, 0.717) is 18.9 Å². The molecule has 0 spiro atoms. The van der Waals surface area contributed by atoms with Crippen molar-refractivity contribution in [3.63, 3.8) is 0 Å². The number of hydrogen-bond acceptors (Lipinski definition) is 2. The topological polar surface area (TPSA) is 69.6 Å². The van der Waals surface area contributed by atoms with Gasteiger partial charge in [0.25, 0.3) is 0 Å². The molecular weight excluding hydrogens is 268 g/mol. The number of carboxylic acid groups (broad SMARTS) is 1. The first-order chi connectivity index (χ1) is 9.90. The number of carbonyl (C=O) groups excluding carboxylic acids is 1. The van der Waals surface area contributed by atoms with Crippen LogP contribution >= 0.6 is 0 Å². The summed E-state index contributed by atoms with van der Waals surface area (Å²) in [6.45, 7) is 6.43. The zero-order valence-corrected chi connectivity index (χ0v) is 12.7. The lowest BCUT2D eigenvalue weighted by atomic mass is 9.93. The van der Waals surface area contributed by atoms with Gasteiger partial charge in [0.15, 0.2) is 0 Å². The number of piperidine rings is 1. The molecule has 2 atom stereocenters. The maximum atomic E-state index is 12.4. The van der Waals surface area contributed by atoms with Gasteiger partial charge in [0.05, 0.1) is 0 Å². The Balaban J connectivity index is 2.15. The lowest BCUT2D eigenvalue weighted by Gasteiger charge is -2.36. The monoisotopic (exact) mass is 290 g/mol. The average molecular weight is 290 g/mol. The van der Waals surface area contributed by atoms with Gasteiger partial charge in [-0.15, -0.1) is 0 Å².